The van der Waals surface area contributed by atoms with Crippen molar-refractivity contribution >= 4 is 12.0 Å². The van der Waals surface area contributed by atoms with E-state index in [1.807, 2.05) is 36.4 Å². The Labute approximate surface area is 160 Å². The number of unbranched alkanes of at least 4 members (excludes halogenated alkanes) is 1. The summed E-state index contributed by atoms with van der Waals surface area (Å²) in [5.74, 6) is 0.806. The van der Waals surface area contributed by atoms with Crippen LogP contribution in [0.3, 0.4) is 0 Å². The lowest BCUT2D eigenvalue weighted by Crippen LogP contribution is -2.23. The summed E-state index contributed by atoms with van der Waals surface area (Å²) in [4.78, 5) is 12.3. The zero-order valence-corrected chi connectivity index (χ0v) is 15.7. The third kappa shape index (κ3) is 6.19. The number of carbonyl (C=O) groups is 1. The fourth-order valence-corrected chi connectivity index (χ4v) is 2.41. The van der Waals surface area contributed by atoms with Crippen molar-refractivity contribution in [1.82, 2.24) is 5.32 Å². The smallest absolute Gasteiger partial charge is 0.262 e. The molecule has 0 saturated carbocycles. The van der Waals surface area contributed by atoms with Crippen molar-refractivity contribution < 1.29 is 14.3 Å². The van der Waals surface area contributed by atoms with Crippen molar-refractivity contribution in [2.75, 3.05) is 13.7 Å². The minimum absolute atomic E-state index is 0.0348. The molecule has 0 radical (unpaired) electrons. The van der Waals surface area contributed by atoms with Gasteiger partial charge in [-0.1, -0.05) is 49.7 Å². The predicted molar refractivity (Wildman–Crippen MR) is 105 cm³/mol. The van der Waals surface area contributed by atoms with Gasteiger partial charge in [0.2, 0.25) is 0 Å². The van der Waals surface area contributed by atoms with Gasteiger partial charge in [-0.2, -0.15) is 5.26 Å². The maximum absolute atomic E-state index is 12.3. The number of amides is 1. The van der Waals surface area contributed by atoms with Gasteiger partial charge in [-0.05, 0) is 35.8 Å². The van der Waals surface area contributed by atoms with E-state index < -0.39 is 5.91 Å². The van der Waals surface area contributed by atoms with E-state index >= 15 is 0 Å². The van der Waals surface area contributed by atoms with E-state index in [9.17, 15) is 10.1 Å². The minimum Gasteiger partial charge on any atom is -0.493 e. The van der Waals surface area contributed by atoms with Crippen LogP contribution in [0, 0.1) is 11.3 Å². The molecule has 2 rings (SSSR count). The van der Waals surface area contributed by atoms with Gasteiger partial charge in [0.05, 0.1) is 13.7 Å². The van der Waals surface area contributed by atoms with Crippen LogP contribution in [0.1, 0.15) is 30.9 Å². The van der Waals surface area contributed by atoms with Gasteiger partial charge in [0, 0.05) is 6.54 Å². The Hall–Kier alpha value is -3.26. The molecule has 0 aliphatic carbocycles. The highest BCUT2D eigenvalue weighted by Crippen LogP contribution is 2.29. The van der Waals surface area contributed by atoms with Gasteiger partial charge < -0.3 is 14.8 Å². The van der Waals surface area contributed by atoms with Gasteiger partial charge in [0.1, 0.15) is 11.6 Å². The van der Waals surface area contributed by atoms with E-state index in [-0.39, 0.29) is 5.57 Å². The number of nitrogens with one attached hydrogen (secondary N) is 1. The molecule has 0 spiro atoms. The average molecular weight is 364 g/mol. The summed E-state index contributed by atoms with van der Waals surface area (Å²) in [5.41, 5.74) is 1.70. The van der Waals surface area contributed by atoms with Crippen LogP contribution in [-0.4, -0.2) is 19.6 Å². The zero-order valence-electron chi connectivity index (χ0n) is 15.7. The van der Waals surface area contributed by atoms with Crippen molar-refractivity contribution in [1.29, 1.82) is 5.26 Å². The number of ether oxygens (including phenoxy) is 2. The molecule has 0 heterocycles. The maximum atomic E-state index is 12.3. The summed E-state index contributed by atoms with van der Waals surface area (Å²) >= 11 is 0. The highest BCUT2D eigenvalue weighted by atomic mass is 16.5. The molecular formula is C22H24N2O3. The lowest BCUT2D eigenvalue weighted by Gasteiger charge is -2.11. The van der Waals surface area contributed by atoms with E-state index in [0.717, 1.165) is 18.4 Å². The fourth-order valence-electron chi connectivity index (χ4n) is 2.41. The quantitative estimate of drug-likeness (QED) is 0.413. The number of methoxy groups -OCH3 is 1. The Morgan fingerprint density at radius 2 is 1.96 bits per heavy atom. The molecule has 0 saturated heterocycles. The van der Waals surface area contributed by atoms with Gasteiger partial charge in [0.15, 0.2) is 11.5 Å². The summed E-state index contributed by atoms with van der Waals surface area (Å²) < 4.78 is 11.1. The molecule has 0 atom stereocenters. The van der Waals surface area contributed by atoms with Crippen molar-refractivity contribution in [3.8, 4) is 17.6 Å². The van der Waals surface area contributed by atoms with Gasteiger partial charge in [-0.3, -0.25) is 4.79 Å². The molecule has 0 aromatic heterocycles. The highest BCUT2D eigenvalue weighted by molar-refractivity contribution is 6.01. The number of rotatable bonds is 9. The van der Waals surface area contributed by atoms with Gasteiger partial charge in [-0.25, -0.2) is 0 Å². The molecule has 0 fully saturated rings. The Balaban J connectivity index is 2.09. The monoisotopic (exact) mass is 364 g/mol. The Morgan fingerprint density at radius 3 is 2.63 bits per heavy atom. The van der Waals surface area contributed by atoms with Crippen LogP contribution in [0.2, 0.25) is 0 Å². The Bertz CT molecular complexity index is 823. The first kappa shape index (κ1) is 20.1. The lowest BCUT2D eigenvalue weighted by atomic mass is 10.1. The molecule has 0 bridgehead atoms. The third-order valence-electron chi connectivity index (χ3n) is 3.92. The second-order valence-corrected chi connectivity index (χ2v) is 5.95. The van der Waals surface area contributed by atoms with Crippen molar-refractivity contribution in [3.05, 3.63) is 65.2 Å². The first-order chi connectivity index (χ1) is 13.2. The van der Waals surface area contributed by atoms with Gasteiger partial charge in [-0.15, -0.1) is 0 Å². The summed E-state index contributed by atoms with van der Waals surface area (Å²) in [6, 6.07) is 16.8. The molecule has 0 aliphatic heterocycles. The van der Waals surface area contributed by atoms with Gasteiger partial charge >= 0.3 is 0 Å². The van der Waals surface area contributed by atoms with Crippen molar-refractivity contribution in [3.63, 3.8) is 0 Å². The molecule has 5 heteroatoms. The van der Waals surface area contributed by atoms with E-state index in [1.165, 1.54) is 0 Å². The number of nitriles is 1. The molecule has 2 aromatic rings. The SMILES string of the molecule is CCCCOc1ccc(/C=C(/C#N)C(=O)NCc2ccccc2)cc1OC. The molecule has 2 aromatic carbocycles. The number of hydrogen-bond donors (Lipinski definition) is 1. The van der Waals surface area contributed by atoms with Crippen molar-refractivity contribution in [2.45, 2.75) is 26.3 Å². The van der Waals surface area contributed by atoms with Crippen LogP contribution in [0.4, 0.5) is 0 Å². The maximum Gasteiger partial charge on any atom is 0.262 e. The fraction of sp³-hybridized carbons (Fsp3) is 0.273. The molecule has 1 N–H and O–H groups in total. The Kier molecular flexibility index (Phi) is 7.92. The number of carbonyl (C=O) groups excluding carboxylic acids is 1. The lowest BCUT2D eigenvalue weighted by molar-refractivity contribution is -0.117. The Morgan fingerprint density at radius 1 is 1.19 bits per heavy atom. The molecule has 27 heavy (non-hydrogen) atoms. The number of benzene rings is 2. The van der Waals surface area contributed by atoms with Crippen LogP contribution in [0.15, 0.2) is 54.1 Å². The topological polar surface area (TPSA) is 71.3 Å². The van der Waals surface area contributed by atoms with Crippen LogP contribution in [0.25, 0.3) is 6.08 Å². The van der Waals surface area contributed by atoms with Gasteiger partial charge in [0.25, 0.3) is 5.91 Å². The summed E-state index contributed by atoms with van der Waals surface area (Å²) in [6.07, 6.45) is 3.55. The largest absolute Gasteiger partial charge is 0.493 e. The summed E-state index contributed by atoms with van der Waals surface area (Å²) in [5, 5.41) is 12.1. The van der Waals surface area contributed by atoms with E-state index in [2.05, 4.69) is 12.2 Å². The van der Waals surface area contributed by atoms with Crippen LogP contribution in [0.5, 0.6) is 11.5 Å². The number of hydrogen-bond acceptors (Lipinski definition) is 4. The van der Waals surface area contributed by atoms with Crippen LogP contribution < -0.4 is 14.8 Å². The normalized spacial score (nSPS) is 10.8. The molecule has 140 valence electrons. The second kappa shape index (κ2) is 10.7. The second-order valence-electron chi connectivity index (χ2n) is 5.95. The summed E-state index contributed by atoms with van der Waals surface area (Å²) in [6.45, 7) is 3.08. The molecular weight excluding hydrogens is 340 g/mol. The van der Waals surface area contributed by atoms with Crippen molar-refractivity contribution in [2.24, 2.45) is 0 Å². The summed E-state index contributed by atoms with van der Waals surface area (Å²) in [7, 11) is 1.56. The molecule has 1 amide bonds. The molecule has 5 nitrogen and oxygen atoms in total. The van der Waals surface area contributed by atoms with Crippen LogP contribution >= 0.6 is 0 Å². The first-order valence-corrected chi connectivity index (χ1v) is 8.92. The molecule has 0 unspecified atom stereocenters. The van der Waals surface area contributed by atoms with E-state index in [1.54, 1.807) is 31.4 Å². The minimum atomic E-state index is -0.413. The third-order valence-corrected chi connectivity index (χ3v) is 3.92. The number of nitrogens with zero attached hydrogens (tertiary/aromatic N) is 1. The molecule has 0 aliphatic rings. The first-order valence-electron chi connectivity index (χ1n) is 8.92. The zero-order chi connectivity index (χ0) is 19.5. The van der Waals surface area contributed by atoms with E-state index in [0.29, 0.717) is 30.2 Å². The highest BCUT2D eigenvalue weighted by Gasteiger charge is 2.10. The predicted octanol–water partition coefficient (Wildman–Crippen LogP) is 4.10. The van der Waals surface area contributed by atoms with Crippen LogP contribution in [-0.2, 0) is 11.3 Å². The average Bonchev–Trinajstić information content (AvgIpc) is 2.71. The van der Waals surface area contributed by atoms with E-state index in [4.69, 9.17) is 9.47 Å². The standard InChI is InChI=1S/C22H24N2O3/c1-3-4-12-27-20-11-10-18(14-21(20)26-2)13-19(15-23)22(25)24-16-17-8-6-5-7-9-17/h5-11,13-14H,3-4,12,16H2,1-2H3,(H,24,25)/b19-13-.